The first-order valence-electron chi connectivity index (χ1n) is 6.28. The second-order valence-corrected chi connectivity index (χ2v) is 4.47. The summed E-state index contributed by atoms with van der Waals surface area (Å²) in [5.74, 6) is -0.907. The monoisotopic (exact) mass is 229 g/mol. The van der Waals surface area contributed by atoms with E-state index in [2.05, 4.69) is 12.2 Å². The number of nitrogens with one attached hydrogen (secondary N) is 1. The van der Waals surface area contributed by atoms with Crippen LogP contribution in [0.2, 0.25) is 0 Å². The highest BCUT2D eigenvalue weighted by Crippen LogP contribution is 2.11. The van der Waals surface area contributed by atoms with Crippen molar-refractivity contribution in [2.75, 3.05) is 19.8 Å². The summed E-state index contributed by atoms with van der Waals surface area (Å²) in [5.41, 5.74) is 0. The second kappa shape index (κ2) is 7.63. The zero-order chi connectivity index (χ0) is 11.8. The molecule has 1 fully saturated rings. The molecule has 0 aliphatic carbocycles. The van der Waals surface area contributed by atoms with Gasteiger partial charge in [0.25, 0.3) is 0 Å². The van der Waals surface area contributed by atoms with E-state index in [1.165, 1.54) is 0 Å². The SMILES string of the molecule is CCCCC(CNC1CCOCC1)C(=O)O. The van der Waals surface area contributed by atoms with Crippen LogP contribution in [0.5, 0.6) is 0 Å². The summed E-state index contributed by atoms with van der Waals surface area (Å²) in [4.78, 5) is 11.0. The Balaban J connectivity index is 2.22. The topological polar surface area (TPSA) is 58.6 Å². The van der Waals surface area contributed by atoms with Gasteiger partial charge in [-0.2, -0.15) is 0 Å². The summed E-state index contributed by atoms with van der Waals surface area (Å²) in [5, 5.41) is 12.4. The van der Waals surface area contributed by atoms with Crippen LogP contribution in [0.3, 0.4) is 0 Å². The Bertz CT molecular complexity index is 202. The van der Waals surface area contributed by atoms with Crippen LogP contribution in [0.1, 0.15) is 39.0 Å². The number of aliphatic carboxylic acids is 1. The molecule has 4 heteroatoms. The molecule has 0 saturated carbocycles. The van der Waals surface area contributed by atoms with Gasteiger partial charge in [-0.15, -0.1) is 0 Å². The predicted octanol–water partition coefficient (Wildman–Crippen LogP) is 1.65. The maximum absolute atomic E-state index is 11.0. The summed E-state index contributed by atoms with van der Waals surface area (Å²) >= 11 is 0. The maximum atomic E-state index is 11.0. The molecule has 16 heavy (non-hydrogen) atoms. The van der Waals surface area contributed by atoms with Crippen molar-refractivity contribution in [1.82, 2.24) is 5.32 Å². The molecule has 1 heterocycles. The van der Waals surface area contributed by atoms with Crippen molar-refractivity contribution >= 4 is 5.97 Å². The first-order valence-corrected chi connectivity index (χ1v) is 6.28. The van der Waals surface area contributed by atoms with Crippen molar-refractivity contribution < 1.29 is 14.6 Å². The predicted molar refractivity (Wildman–Crippen MR) is 62.5 cm³/mol. The van der Waals surface area contributed by atoms with Crippen LogP contribution >= 0.6 is 0 Å². The number of carbonyl (C=O) groups is 1. The highest BCUT2D eigenvalue weighted by atomic mass is 16.5. The van der Waals surface area contributed by atoms with E-state index in [-0.39, 0.29) is 5.92 Å². The van der Waals surface area contributed by atoms with E-state index in [1.807, 2.05) is 0 Å². The largest absolute Gasteiger partial charge is 0.481 e. The third kappa shape index (κ3) is 4.94. The number of unbranched alkanes of at least 4 members (excludes halogenated alkanes) is 1. The third-order valence-corrected chi connectivity index (χ3v) is 3.13. The molecule has 1 aliphatic rings. The number of carboxylic acids is 1. The first-order chi connectivity index (χ1) is 7.74. The third-order valence-electron chi connectivity index (χ3n) is 3.13. The van der Waals surface area contributed by atoms with Crippen molar-refractivity contribution in [3.05, 3.63) is 0 Å². The highest BCUT2D eigenvalue weighted by molar-refractivity contribution is 5.70. The molecule has 94 valence electrons. The zero-order valence-electron chi connectivity index (χ0n) is 10.1. The number of hydrogen-bond acceptors (Lipinski definition) is 3. The Labute approximate surface area is 97.4 Å². The minimum Gasteiger partial charge on any atom is -0.481 e. The van der Waals surface area contributed by atoms with E-state index in [0.717, 1.165) is 45.3 Å². The Morgan fingerprint density at radius 2 is 2.19 bits per heavy atom. The zero-order valence-corrected chi connectivity index (χ0v) is 10.1. The fourth-order valence-corrected chi connectivity index (χ4v) is 1.97. The molecular weight excluding hydrogens is 206 g/mol. The van der Waals surface area contributed by atoms with E-state index in [0.29, 0.717) is 12.6 Å². The van der Waals surface area contributed by atoms with Crippen LogP contribution < -0.4 is 5.32 Å². The van der Waals surface area contributed by atoms with Gasteiger partial charge in [-0.05, 0) is 19.3 Å². The van der Waals surface area contributed by atoms with Crippen molar-refractivity contribution in [3.8, 4) is 0 Å². The van der Waals surface area contributed by atoms with Crippen LogP contribution in [0, 0.1) is 5.92 Å². The van der Waals surface area contributed by atoms with Gasteiger partial charge in [0.15, 0.2) is 0 Å². The summed E-state index contributed by atoms with van der Waals surface area (Å²) < 4.78 is 5.26. The van der Waals surface area contributed by atoms with Crippen LogP contribution in [-0.4, -0.2) is 36.9 Å². The Hall–Kier alpha value is -0.610. The number of rotatable bonds is 7. The van der Waals surface area contributed by atoms with Crippen LogP contribution in [0.15, 0.2) is 0 Å². The summed E-state index contributed by atoms with van der Waals surface area (Å²) in [6.45, 7) is 4.28. The first kappa shape index (κ1) is 13.5. The van der Waals surface area contributed by atoms with Gasteiger partial charge in [0, 0.05) is 25.8 Å². The van der Waals surface area contributed by atoms with E-state index in [9.17, 15) is 4.79 Å². The molecule has 0 spiro atoms. The van der Waals surface area contributed by atoms with Gasteiger partial charge in [-0.3, -0.25) is 4.79 Å². The van der Waals surface area contributed by atoms with Gasteiger partial charge in [0.1, 0.15) is 0 Å². The van der Waals surface area contributed by atoms with Gasteiger partial charge < -0.3 is 15.2 Å². The lowest BCUT2D eigenvalue weighted by molar-refractivity contribution is -0.141. The average Bonchev–Trinajstić information content (AvgIpc) is 2.30. The Morgan fingerprint density at radius 1 is 1.50 bits per heavy atom. The number of ether oxygens (including phenoxy) is 1. The Kier molecular flexibility index (Phi) is 6.42. The van der Waals surface area contributed by atoms with Gasteiger partial charge >= 0.3 is 5.97 Å². The van der Waals surface area contributed by atoms with Crippen LogP contribution in [-0.2, 0) is 9.53 Å². The van der Waals surface area contributed by atoms with E-state index in [1.54, 1.807) is 0 Å². The van der Waals surface area contributed by atoms with Gasteiger partial charge in [0.05, 0.1) is 5.92 Å². The van der Waals surface area contributed by atoms with E-state index < -0.39 is 5.97 Å². The van der Waals surface area contributed by atoms with E-state index in [4.69, 9.17) is 9.84 Å². The van der Waals surface area contributed by atoms with Crippen molar-refractivity contribution in [2.24, 2.45) is 5.92 Å². The smallest absolute Gasteiger partial charge is 0.307 e. The van der Waals surface area contributed by atoms with Crippen LogP contribution in [0.4, 0.5) is 0 Å². The summed E-state index contributed by atoms with van der Waals surface area (Å²) in [6, 6.07) is 0.442. The lowest BCUT2D eigenvalue weighted by Gasteiger charge is -2.24. The second-order valence-electron chi connectivity index (χ2n) is 4.47. The molecule has 0 aromatic heterocycles. The average molecular weight is 229 g/mol. The minimum atomic E-state index is -0.673. The van der Waals surface area contributed by atoms with Crippen molar-refractivity contribution in [2.45, 2.75) is 45.1 Å². The maximum Gasteiger partial charge on any atom is 0.307 e. The molecule has 0 amide bonds. The Morgan fingerprint density at radius 3 is 2.75 bits per heavy atom. The normalized spacial score (nSPS) is 19.6. The molecule has 0 bridgehead atoms. The molecule has 1 aliphatic heterocycles. The molecular formula is C12H23NO3. The molecule has 4 nitrogen and oxygen atoms in total. The molecule has 1 unspecified atom stereocenters. The van der Waals surface area contributed by atoms with E-state index >= 15 is 0 Å². The summed E-state index contributed by atoms with van der Waals surface area (Å²) in [7, 11) is 0. The lowest BCUT2D eigenvalue weighted by Crippen LogP contribution is -2.39. The fraction of sp³-hybridized carbons (Fsp3) is 0.917. The standard InChI is InChI=1S/C12H23NO3/c1-2-3-4-10(12(14)15)9-13-11-5-7-16-8-6-11/h10-11,13H,2-9H2,1H3,(H,14,15). The quantitative estimate of drug-likeness (QED) is 0.697. The molecule has 0 radical (unpaired) electrons. The molecule has 0 aromatic carbocycles. The van der Waals surface area contributed by atoms with Crippen molar-refractivity contribution in [3.63, 3.8) is 0 Å². The highest BCUT2D eigenvalue weighted by Gasteiger charge is 2.19. The number of hydrogen-bond donors (Lipinski definition) is 2. The molecule has 2 N–H and O–H groups in total. The molecule has 0 aromatic rings. The van der Waals surface area contributed by atoms with Gasteiger partial charge in [-0.1, -0.05) is 19.8 Å². The summed E-state index contributed by atoms with van der Waals surface area (Å²) in [6.07, 6.45) is 4.83. The minimum absolute atomic E-state index is 0.234. The van der Waals surface area contributed by atoms with Gasteiger partial charge in [-0.25, -0.2) is 0 Å². The van der Waals surface area contributed by atoms with Crippen LogP contribution in [0.25, 0.3) is 0 Å². The lowest BCUT2D eigenvalue weighted by atomic mass is 10.0. The van der Waals surface area contributed by atoms with Crippen molar-refractivity contribution in [1.29, 1.82) is 0 Å². The molecule has 1 atom stereocenters. The number of carboxylic acid groups (broad SMARTS) is 1. The fourth-order valence-electron chi connectivity index (χ4n) is 1.97. The molecule has 1 saturated heterocycles. The molecule has 1 rings (SSSR count). The van der Waals surface area contributed by atoms with Gasteiger partial charge in [0.2, 0.25) is 0 Å².